The third-order valence-corrected chi connectivity index (χ3v) is 10.1. The topological polar surface area (TPSA) is 148 Å². The first-order chi connectivity index (χ1) is 21.2. The van der Waals surface area contributed by atoms with Gasteiger partial charge in [-0.05, 0) is 68.2 Å². The predicted molar refractivity (Wildman–Crippen MR) is 151 cm³/mol. The second-order valence-electron chi connectivity index (χ2n) is 11.4. The zero-order valence-corrected chi connectivity index (χ0v) is 24.7. The second kappa shape index (κ2) is 12.3. The maximum atomic E-state index is 14.9. The first-order valence-corrected chi connectivity index (χ1v) is 15.7. The number of halogens is 4. The van der Waals surface area contributed by atoms with Crippen LogP contribution in [-0.4, -0.2) is 56.1 Å². The number of aliphatic carboxylic acids is 1. The molecule has 2 saturated carbocycles. The van der Waals surface area contributed by atoms with Gasteiger partial charge in [0.1, 0.15) is 5.75 Å². The van der Waals surface area contributed by atoms with Gasteiger partial charge in [-0.2, -0.15) is 13.2 Å². The molecule has 0 heterocycles. The molecule has 2 amide bonds. The van der Waals surface area contributed by atoms with Gasteiger partial charge in [0.15, 0.2) is 11.6 Å². The lowest BCUT2D eigenvalue weighted by Gasteiger charge is -2.29. The summed E-state index contributed by atoms with van der Waals surface area (Å²) in [5, 5.41) is 14.5. The zero-order valence-electron chi connectivity index (χ0n) is 23.8. The summed E-state index contributed by atoms with van der Waals surface area (Å²) in [4.78, 5) is 37.2. The van der Waals surface area contributed by atoms with E-state index < -0.39 is 67.8 Å². The number of ether oxygens (including phenoxy) is 2. The molecule has 3 aliphatic rings. The van der Waals surface area contributed by atoms with Crippen LogP contribution in [-0.2, 0) is 19.4 Å². The number of fused-ring (bicyclic) bond motifs is 2. The van der Waals surface area contributed by atoms with Crippen LogP contribution in [0.5, 0.6) is 11.5 Å². The Morgan fingerprint density at radius 3 is 2.31 bits per heavy atom. The largest absolute Gasteiger partial charge is 0.501 e. The van der Waals surface area contributed by atoms with E-state index in [1.54, 1.807) is 0 Å². The molecule has 3 aliphatic carbocycles. The standard InChI is InChI=1S/C30H30F4N2O8S/c1-43-23-14-22(31)24(44-19-9-7-15(8-10-19)29(39)40)13-21(23)27(37)36-26-17-6-5-16(11-17)25(26)28(38)35-18-3-2-4-20(12-18)45(41,42)30(32,33)34/h2-6,12-17,19,25-26H,7-11H2,1H3,(H,35,38)(H,36,37)(H,39,40)/t15-,16-,17+,19+,25+,26-/m1/s1. The molecule has 0 spiro atoms. The highest BCUT2D eigenvalue weighted by atomic mass is 32.2. The molecule has 10 nitrogen and oxygen atoms in total. The number of hydrogen-bond acceptors (Lipinski definition) is 7. The van der Waals surface area contributed by atoms with Crippen molar-refractivity contribution in [2.24, 2.45) is 23.7 Å². The number of alkyl halides is 3. The van der Waals surface area contributed by atoms with Crippen molar-refractivity contribution in [3.8, 4) is 11.5 Å². The maximum absolute atomic E-state index is 14.9. The molecule has 2 aromatic carbocycles. The number of carbonyl (C=O) groups excluding carboxylic acids is 2. The molecule has 4 atom stereocenters. The Balaban J connectivity index is 1.33. The predicted octanol–water partition coefficient (Wildman–Crippen LogP) is 4.71. The molecule has 15 heteroatoms. The van der Waals surface area contributed by atoms with E-state index in [1.807, 2.05) is 12.2 Å². The quantitative estimate of drug-likeness (QED) is 0.260. The fraction of sp³-hybridized carbons (Fsp3) is 0.433. The van der Waals surface area contributed by atoms with Gasteiger partial charge in [0, 0.05) is 17.8 Å². The fourth-order valence-electron chi connectivity index (χ4n) is 6.28. The molecule has 0 unspecified atom stereocenters. The summed E-state index contributed by atoms with van der Waals surface area (Å²) in [6.45, 7) is 0. The number of anilines is 1. The molecule has 2 bridgehead atoms. The van der Waals surface area contributed by atoms with Gasteiger partial charge in [-0.25, -0.2) is 12.8 Å². The Morgan fingerprint density at radius 1 is 0.978 bits per heavy atom. The average molecular weight is 655 g/mol. The van der Waals surface area contributed by atoms with Crippen LogP contribution in [0, 0.1) is 29.5 Å². The third kappa shape index (κ3) is 6.49. The number of rotatable bonds is 9. The van der Waals surface area contributed by atoms with Crippen molar-refractivity contribution in [3.05, 3.63) is 59.9 Å². The number of hydrogen-bond donors (Lipinski definition) is 3. The van der Waals surface area contributed by atoms with E-state index in [2.05, 4.69) is 10.6 Å². The van der Waals surface area contributed by atoms with Crippen LogP contribution >= 0.6 is 0 Å². The number of carboxylic acid groups (broad SMARTS) is 1. The van der Waals surface area contributed by atoms with Crippen molar-refractivity contribution in [1.29, 1.82) is 0 Å². The first-order valence-electron chi connectivity index (χ1n) is 14.2. The van der Waals surface area contributed by atoms with Gasteiger partial charge < -0.3 is 25.2 Å². The van der Waals surface area contributed by atoms with Crippen molar-refractivity contribution in [3.63, 3.8) is 0 Å². The van der Waals surface area contributed by atoms with Gasteiger partial charge in [0.2, 0.25) is 5.91 Å². The molecular formula is C30H30F4N2O8S. The first kappa shape index (κ1) is 32.3. The van der Waals surface area contributed by atoms with Gasteiger partial charge >= 0.3 is 11.5 Å². The Morgan fingerprint density at radius 2 is 1.67 bits per heavy atom. The number of carboxylic acids is 1. The van der Waals surface area contributed by atoms with Crippen LogP contribution < -0.4 is 20.1 Å². The van der Waals surface area contributed by atoms with E-state index in [0.29, 0.717) is 32.1 Å². The number of nitrogens with one attached hydrogen (secondary N) is 2. The van der Waals surface area contributed by atoms with Crippen LogP contribution in [0.15, 0.2) is 53.4 Å². The normalized spacial score (nSPS) is 25.9. The van der Waals surface area contributed by atoms with E-state index in [1.165, 1.54) is 19.2 Å². The minimum absolute atomic E-state index is 0.0657. The lowest BCUT2D eigenvalue weighted by Crippen LogP contribution is -2.47. The molecule has 0 aliphatic heterocycles. The van der Waals surface area contributed by atoms with Crippen molar-refractivity contribution >= 4 is 33.3 Å². The number of methoxy groups -OCH3 is 1. The van der Waals surface area contributed by atoms with Crippen LogP contribution in [0.1, 0.15) is 42.5 Å². The summed E-state index contributed by atoms with van der Waals surface area (Å²) in [7, 11) is -4.39. The van der Waals surface area contributed by atoms with Crippen molar-refractivity contribution in [1.82, 2.24) is 5.32 Å². The molecule has 0 aromatic heterocycles. The van der Waals surface area contributed by atoms with E-state index in [9.17, 15) is 45.5 Å². The van der Waals surface area contributed by atoms with Gasteiger partial charge in [-0.3, -0.25) is 14.4 Å². The number of allylic oxidation sites excluding steroid dienone is 1. The van der Waals surface area contributed by atoms with E-state index in [0.717, 1.165) is 24.3 Å². The van der Waals surface area contributed by atoms with Crippen LogP contribution in [0.4, 0.5) is 23.2 Å². The number of sulfone groups is 1. The number of amides is 2. The van der Waals surface area contributed by atoms with E-state index >= 15 is 0 Å². The molecule has 5 rings (SSSR count). The van der Waals surface area contributed by atoms with Crippen LogP contribution in [0.2, 0.25) is 0 Å². The SMILES string of the molecule is COc1cc(F)c(O[C@H]2CC[C@@H](C(=O)O)CC2)cc1C(=O)N[C@H]1[C@@H](C(=O)Nc2cccc(S(=O)(=O)C(F)(F)F)c2)[C@@H]2C=C[C@H]1C2. The molecule has 2 aromatic rings. The molecule has 242 valence electrons. The lowest BCUT2D eigenvalue weighted by atomic mass is 9.87. The maximum Gasteiger partial charge on any atom is 0.501 e. The minimum atomic E-state index is -5.64. The monoisotopic (exact) mass is 654 g/mol. The van der Waals surface area contributed by atoms with Crippen molar-refractivity contribution < 1.29 is 54.9 Å². The minimum Gasteiger partial charge on any atom is -0.496 e. The van der Waals surface area contributed by atoms with Gasteiger partial charge in [-0.15, -0.1) is 0 Å². The summed E-state index contributed by atoms with van der Waals surface area (Å²) < 4.78 is 88.8. The van der Waals surface area contributed by atoms with Crippen molar-refractivity contribution in [2.75, 3.05) is 12.4 Å². The van der Waals surface area contributed by atoms with Crippen LogP contribution in [0.3, 0.4) is 0 Å². The van der Waals surface area contributed by atoms with Gasteiger partial charge in [-0.1, -0.05) is 18.2 Å². The summed E-state index contributed by atoms with van der Waals surface area (Å²) in [5.74, 6) is -5.20. The average Bonchev–Trinajstić information content (AvgIpc) is 3.60. The molecule has 2 fully saturated rings. The van der Waals surface area contributed by atoms with Crippen molar-refractivity contribution in [2.45, 2.75) is 54.7 Å². The Bertz CT molecular complexity index is 1640. The van der Waals surface area contributed by atoms with E-state index in [-0.39, 0.29) is 34.6 Å². The number of carbonyl (C=O) groups is 3. The highest BCUT2D eigenvalue weighted by Crippen LogP contribution is 2.45. The Kier molecular flexibility index (Phi) is 8.84. The summed E-state index contributed by atoms with van der Waals surface area (Å²) in [6, 6.07) is 5.26. The Hall–Kier alpha value is -4.14. The Labute approximate surface area is 255 Å². The molecule has 0 saturated heterocycles. The second-order valence-corrected chi connectivity index (χ2v) is 13.3. The molecule has 45 heavy (non-hydrogen) atoms. The molecule has 0 radical (unpaired) electrons. The van der Waals surface area contributed by atoms with E-state index in [4.69, 9.17) is 9.47 Å². The summed E-state index contributed by atoms with van der Waals surface area (Å²) >= 11 is 0. The summed E-state index contributed by atoms with van der Waals surface area (Å²) in [6.07, 6.45) is 5.24. The zero-order chi connectivity index (χ0) is 32.7. The fourth-order valence-corrected chi connectivity index (χ4v) is 7.09. The van der Waals surface area contributed by atoms with Gasteiger partial charge in [0.05, 0.1) is 35.5 Å². The highest BCUT2D eigenvalue weighted by molar-refractivity contribution is 7.92. The summed E-state index contributed by atoms with van der Waals surface area (Å²) in [5.41, 5.74) is -5.75. The lowest BCUT2D eigenvalue weighted by molar-refractivity contribution is -0.143. The van der Waals surface area contributed by atoms with Crippen LogP contribution in [0.25, 0.3) is 0 Å². The third-order valence-electron chi connectivity index (χ3n) is 8.59. The highest BCUT2D eigenvalue weighted by Gasteiger charge is 2.50. The molecule has 3 N–H and O–H groups in total. The smallest absolute Gasteiger partial charge is 0.496 e. The van der Waals surface area contributed by atoms with Gasteiger partial charge in [0.25, 0.3) is 15.7 Å². The molecular weight excluding hydrogens is 624 g/mol. The number of benzene rings is 2.